The lowest BCUT2D eigenvalue weighted by Crippen LogP contribution is -2.06. The fourth-order valence-electron chi connectivity index (χ4n) is 2.51. The Kier molecular flexibility index (Phi) is 3.20. The van der Waals surface area contributed by atoms with Gasteiger partial charge in [0.2, 0.25) is 0 Å². The van der Waals surface area contributed by atoms with Crippen molar-refractivity contribution in [3.8, 4) is 0 Å². The molecule has 2 nitrogen and oxygen atoms in total. The monoisotopic (exact) mass is 258 g/mol. The minimum absolute atomic E-state index is 0.518. The number of hydrogen-bond acceptors (Lipinski definition) is 2. The number of aryl methyl sites for hydroxylation is 1. The molecule has 0 unspecified atom stereocenters. The number of hydrogen-bond donors (Lipinski definition) is 1. The first-order valence-corrected chi connectivity index (χ1v) is 6.71. The number of fused-ring (bicyclic) bond motifs is 1. The van der Waals surface area contributed by atoms with Crippen LogP contribution in [0, 0.1) is 0 Å². The highest BCUT2D eigenvalue weighted by Gasteiger charge is 2.12. The molecule has 1 N–H and O–H groups in total. The van der Waals surface area contributed by atoms with E-state index in [0.29, 0.717) is 5.15 Å². The predicted octanol–water partition coefficient (Wildman–Crippen LogP) is 4.36. The third-order valence-corrected chi connectivity index (χ3v) is 3.58. The summed E-state index contributed by atoms with van der Waals surface area (Å²) in [5.74, 6) is 0.807. The first-order valence-electron chi connectivity index (χ1n) is 6.33. The van der Waals surface area contributed by atoms with E-state index in [1.807, 2.05) is 12.1 Å². The van der Waals surface area contributed by atoms with Crippen LogP contribution in [0.25, 0.3) is 0 Å². The van der Waals surface area contributed by atoms with Crippen molar-refractivity contribution in [3.05, 3.63) is 52.7 Å². The van der Waals surface area contributed by atoms with Crippen LogP contribution in [0.2, 0.25) is 5.15 Å². The minimum atomic E-state index is 0.518. The van der Waals surface area contributed by atoms with E-state index in [9.17, 15) is 0 Å². The van der Waals surface area contributed by atoms with Gasteiger partial charge in [-0.3, -0.25) is 0 Å². The van der Waals surface area contributed by atoms with Crippen LogP contribution in [0.15, 0.2) is 36.4 Å². The summed E-state index contributed by atoms with van der Waals surface area (Å²) in [6, 6.07) is 12.1. The molecule has 1 aliphatic carbocycles. The average molecular weight is 259 g/mol. The van der Waals surface area contributed by atoms with Crippen LogP contribution in [0.5, 0.6) is 0 Å². The van der Waals surface area contributed by atoms with Crippen molar-refractivity contribution in [1.29, 1.82) is 0 Å². The lowest BCUT2D eigenvalue weighted by molar-refractivity contribution is 0.687. The third-order valence-electron chi connectivity index (χ3n) is 3.37. The summed E-state index contributed by atoms with van der Waals surface area (Å²) in [6.45, 7) is 0. The van der Waals surface area contributed by atoms with Crippen LogP contribution >= 0.6 is 11.6 Å². The molecule has 2 aromatic rings. The molecule has 18 heavy (non-hydrogen) atoms. The molecule has 1 aliphatic rings. The van der Waals surface area contributed by atoms with Gasteiger partial charge in [-0.2, -0.15) is 0 Å². The summed E-state index contributed by atoms with van der Waals surface area (Å²) in [5, 5.41) is 3.90. The molecule has 0 fully saturated rings. The SMILES string of the molecule is Clc1cccc(Nc2cccc3c2CCCC3)n1. The number of benzene rings is 1. The summed E-state index contributed by atoms with van der Waals surface area (Å²) in [6.07, 6.45) is 4.91. The zero-order chi connectivity index (χ0) is 12.4. The zero-order valence-corrected chi connectivity index (χ0v) is 10.9. The summed E-state index contributed by atoms with van der Waals surface area (Å²) >= 11 is 5.90. The lowest BCUT2D eigenvalue weighted by atomic mass is 9.90. The summed E-state index contributed by atoms with van der Waals surface area (Å²) in [5.41, 5.74) is 4.07. The molecule has 3 heteroatoms. The Balaban J connectivity index is 1.93. The topological polar surface area (TPSA) is 24.9 Å². The van der Waals surface area contributed by atoms with Crippen LogP contribution in [0.4, 0.5) is 11.5 Å². The number of pyridine rings is 1. The highest BCUT2D eigenvalue weighted by Crippen LogP contribution is 2.29. The van der Waals surface area contributed by atoms with E-state index < -0.39 is 0 Å². The molecule has 0 atom stereocenters. The second kappa shape index (κ2) is 4.99. The van der Waals surface area contributed by atoms with E-state index >= 15 is 0 Å². The van der Waals surface area contributed by atoms with Crippen LogP contribution in [0.3, 0.4) is 0 Å². The lowest BCUT2D eigenvalue weighted by Gasteiger charge is -2.19. The standard InChI is InChI=1S/C15H15ClN2/c16-14-9-4-10-15(18-14)17-13-8-3-6-11-5-1-2-7-12(11)13/h3-4,6,8-10H,1-2,5,7H2,(H,17,18). The minimum Gasteiger partial charge on any atom is -0.340 e. The van der Waals surface area contributed by atoms with E-state index in [0.717, 1.165) is 12.2 Å². The van der Waals surface area contributed by atoms with Gasteiger partial charge in [-0.15, -0.1) is 0 Å². The van der Waals surface area contributed by atoms with Crippen molar-refractivity contribution in [2.45, 2.75) is 25.7 Å². The maximum Gasteiger partial charge on any atom is 0.132 e. The second-order valence-electron chi connectivity index (χ2n) is 4.62. The van der Waals surface area contributed by atoms with Gasteiger partial charge in [0, 0.05) is 5.69 Å². The molecule has 0 spiro atoms. The molecular weight excluding hydrogens is 244 g/mol. The highest BCUT2D eigenvalue weighted by molar-refractivity contribution is 6.29. The molecule has 92 valence electrons. The summed E-state index contributed by atoms with van der Waals surface area (Å²) in [7, 11) is 0. The Morgan fingerprint density at radius 1 is 1.00 bits per heavy atom. The van der Waals surface area contributed by atoms with E-state index in [4.69, 9.17) is 11.6 Å². The van der Waals surface area contributed by atoms with Crippen LogP contribution < -0.4 is 5.32 Å². The van der Waals surface area contributed by atoms with Gasteiger partial charge >= 0.3 is 0 Å². The average Bonchev–Trinajstić information content (AvgIpc) is 2.39. The van der Waals surface area contributed by atoms with Crippen LogP contribution in [-0.2, 0) is 12.8 Å². The van der Waals surface area contributed by atoms with Gasteiger partial charge in [0.05, 0.1) is 0 Å². The highest BCUT2D eigenvalue weighted by atomic mass is 35.5. The van der Waals surface area contributed by atoms with Gasteiger partial charge in [0.15, 0.2) is 0 Å². The van der Waals surface area contributed by atoms with Gasteiger partial charge in [-0.05, 0) is 55.0 Å². The first-order chi connectivity index (χ1) is 8.83. The van der Waals surface area contributed by atoms with Crippen molar-refractivity contribution >= 4 is 23.1 Å². The molecule has 0 saturated carbocycles. The number of nitrogens with zero attached hydrogens (tertiary/aromatic N) is 1. The second-order valence-corrected chi connectivity index (χ2v) is 5.01. The Labute approximate surface area is 112 Å². The van der Waals surface area contributed by atoms with E-state index in [1.54, 1.807) is 6.07 Å². The molecule has 0 radical (unpaired) electrons. The molecule has 1 heterocycles. The molecule has 0 saturated heterocycles. The van der Waals surface area contributed by atoms with E-state index in [-0.39, 0.29) is 0 Å². The van der Waals surface area contributed by atoms with Gasteiger partial charge in [0.1, 0.15) is 11.0 Å². The number of halogens is 1. The molecule has 3 rings (SSSR count). The van der Waals surface area contributed by atoms with Crippen molar-refractivity contribution in [3.63, 3.8) is 0 Å². The van der Waals surface area contributed by atoms with E-state index in [2.05, 4.69) is 28.5 Å². The van der Waals surface area contributed by atoms with Crippen molar-refractivity contribution < 1.29 is 0 Å². The quantitative estimate of drug-likeness (QED) is 0.810. The fourth-order valence-corrected chi connectivity index (χ4v) is 2.68. The summed E-state index contributed by atoms with van der Waals surface area (Å²) in [4.78, 5) is 4.27. The van der Waals surface area contributed by atoms with Gasteiger partial charge in [-0.1, -0.05) is 29.8 Å². The molecule has 1 aromatic heterocycles. The maximum atomic E-state index is 5.90. The van der Waals surface area contributed by atoms with Crippen LogP contribution in [-0.4, -0.2) is 4.98 Å². The fraction of sp³-hybridized carbons (Fsp3) is 0.267. The van der Waals surface area contributed by atoms with Crippen molar-refractivity contribution in [1.82, 2.24) is 4.98 Å². The van der Waals surface area contributed by atoms with Crippen LogP contribution in [0.1, 0.15) is 24.0 Å². The number of rotatable bonds is 2. The molecule has 0 aliphatic heterocycles. The molecule has 0 bridgehead atoms. The Bertz CT molecular complexity index is 566. The zero-order valence-electron chi connectivity index (χ0n) is 10.1. The summed E-state index contributed by atoms with van der Waals surface area (Å²) < 4.78 is 0. The number of anilines is 2. The molecule has 1 aromatic carbocycles. The first kappa shape index (κ1) is 11.5. The molecular formula is C15H15ClN2. The number of aromatic nitrogens is 1. The van der Waals surface area contributed by atoms with Crippen molar-refractivity contribution in [2.24, 2.45) is 0 Å². The van der Waals surface area contributed by atoms with Gasteiger partial charge < -0.3 is 5.32 Å². The maximum absolute atomic E-state index is 5.90. The molecule has 0 amide bonds. The van der Waals surface area contributed by atoms with Gasteiger partial charge in [-0.25, -0.2) is 4.98 Å². The predicted molar refractivity (Wildman–Crippen MR) is 75.6 cm³/mol. The Hall–Kier alpha value is -1.54. The number of nitrogens with one attached hydrogen (secondary N) is 1. The van der Waals surface area contributed by atoms with E-state index in [1.165, 1.54) is 36.1 Å². The van der Waals surface area contributed by atoms with Gasteiger partial charge in [0.25, 0.3) is 0 Å². The smallest absolute Gasteiger partial charge is 0.132 e. The Morgan fingerprint density at radius 2 is 1.83 bits per heavy atom. The third kappa shape index (κ3) is 2.34. The van der Waals surface area contributed by atoms with Crippen molar-refractivity contribution in [2.75, 3.05) is 5.32 Å². The normalized spacial score (nSPS) is 14.1. The largest absolute Gasteiger partial charge is 0.340 e. The Morgan fingerprint density at radius 3 is 2.72 bits per heavy atom.